The Labute approximate surface area is 371 Å². The van der Waals surface area contributed by atoms with Gasteiger partial charge in [0.05, 0.1) is 38.7 Å². The highest BCUT2D eigenvalue weighted by molar-refractivity contribution is 6.18. The average Bonchev–Trinajstić information content (AvgIpc) is 4.03. The third-order valence-corrected chi connectivity index (χ3v) is 13.1. The lowest BCUT2D eigenvalue weighted by Gasteiger charge is -2.13. The van der Waals surface area contributed by atoms with Crippen LogP contribution in [0.5, 0.6) is 0 Å². The van der Waals surface area contributed by atoms with Crippen LogP contribution >= 0.6 is 0 Å². The van der Waals surface area contributed by atoms with E-state index in [2.05, 4.69) is 209 Å². The molecular weight excluding hydrogens is 795 g/mol. The molecule has 6 nitrogen and oxygen atoms in total. The molecule has 0 aliphatic heterocycles. The van der Waals surface area contributed by atoms with Gasteiger partial charge in [0.1, 0.15) is 11.2 Å². The number of benzene rings is 10. The summed E-state index contributed by atoms with van der Waals surface area (Å²) in [7, 11) is 0. The van der Waals surface area contributed by atoms with E-state index in [9.17, 15) is 0 Å². The van der Waals surface area contributed by atoms with Gasteiger partial charge in [-0.05, 0) is 100 Å². The third-order valence-electron chi connectivity index (χ3n) is 13.1. The van der Waals surface area contributed by atoms with Gasteiger partial charge in [-0.3, -0.25) is 0 Å². The number of nitrogens with zero attached hydrogens (tertiary/aromatic N) is 5. The Morgan fingerprint density at radius 2 is 0.892 bits per heavy atom. The summed E-state index contributed by atoms with van der Waals surface area (Å²) < 4.78 is 11.7. The highest BCUT2D eigenvalue weighted by atomic mass is 16.3. The molecule has 0 saturated carbocycles. The molecule has 0 spiro atoms. The molecule has 0 N–H and O–H groups in total. The lowest BCUT2D eigenvalue weighted by Crippen LogP contribution is -2.01. The molecule has 0 radical (unpaired) electrons. The average molecular weight is 830 g/mol. The van der Waals surface area contributed by atoms with Crippen molar-refractivity contribution in [1.82, 2.24) is 24.1 Å². The lowest BCUT2D eigenvalue weighted by molar-refractivity contribution is 0.669. The molecule has 0 bridgehead atoms. The minimum atomic E-state index is 0.536. The van der Waals surface area contributed by atoms with E-state index in [1.807, 2.05) is 12.1 Å². The number of hydrogen-bond acceptors (Lipinski definition) is 4. The van der Waals surface area contributed by atoms with E-state index in [1.165, 1.54) is 21.5 Å². The zero-order chi connectivity index (χ0) is 42.6. The Bertz CT molecular complexity index is 4250. The maximum absolute atomic E-state index is 6.95. The maximum atomic E-state index is 6.95. The fraction of sp³-hybridized carbons (Fsp3) is 0. The van der Waals surface area contributed by atoms with Gasteiger partial charge in [-0.15, -0.1) is 0 Å². The Balaban J connectivity index is 1.03. The predicted octanol–water partition coefficient (Wildman–Crippen LogP) is 15.3. The first-order chi connectivity index (χ1) is 32.2. The molecule has 65 heavy (non-hydrogen) atoms. The molecule has 0 amide bonds. The van der Waals surface area contributed by atoms with Crippen LogP contribution < -0.4 is 0 Å². The molecular formula is C59H35N5O. The third kappa shape index (κ3) is 5.44. The van der Waals surface area contributed by atoms with Crippen molar-refractivity contribution in [2.24, 2.45) is 0 Å². The van der Waals surface area contributed by atoms with Crippen LogP contribution in [-0.4, -0.2) is 24.1 Å². The van der Waals surface area contributed by atoms with E-state index < -0.39 is 0 Å². The van der Waals surface area contributed by atoms with Crippen LogP contribution in [0.15, 0.2) is 217 Å². The van der Waals surface area contributed by atoms with Crippen LogP contribution in [0.2, 0.25) is 0 Å². The first-order valence-electron chi connectivity index (χ1n) is 21.9. The summed E-state index contributed by atoms with van der Waals surface area (Å²) in [4.78, 5) is 15.9. The van der Waals surface area contributed by atoms with Crippen LogP contribution in [0.4, 0.5) is 0 Å². The topological polar surface area (TPSA) is 61.7 Å². The molecule has 0 saturated heterocycles. The smallest absolute Gasteiger partial charge is 0.167 e. The molecule has 14 aromatic rings. The number of aromatic nitrogens is 5. The van der Waals surface area contributed by atoms with Crippen LogP contribution in [-0.2, 0) is 0 Å². The number of furan rings is 1. The van der Waals surface area contributed by atoms with Crippen molar-refractivity contribution in [2.45, 2.75) is 0 Å². The van der Waals surface area contributed by atoms with E-state index in [-0.39, 0.29) is 0 Å². The maximum Gasteiger partial charge on any atom is 0.167 e. The highest BCUT2D eigenvalue weighted by Gasteiger charge is 2.24. The second-order valence-corrected chi connectivity index (χ2v) is 16.8. The van der Waals surface area contributed by atoms with Crippen molar-refractivity contribution in [3.63, 3.8) is 0 Å². The van der Waals surface area contributed by atoms with Gasteiger partial charge in [-0.25, -0.2) is 15.0 Å². The summed E-state index contributed by atoms with van der Waals surface area (Å²) in [6.07, 6.45) is 0. The zero-order valence-electron chi connectivity index (χ0n) is 34.9. The van der Waals surface area contributed by atoms with Gasteiger partial charge in [-0.1, -0.05) is 133 Å². The monoisotopic (exact) mass is 829 g/mol. The van der Waals surface area contributed by atoms with Crippen LogP contribution in [0.25, 0.3) is 133 Å². The first kappa shape index (κ1) is 35.7. The van der Waals surface area contributed by atoms with Crippen molar-refractivity contribution in [3.05, 3.63) is 212 Å². The van der Waals surface area contributed by atoms with Gasteiger partial charge in [0.15, 0.2) is 17.5 Å². The van der Waals surface area contributed by atoms with Gasteiger partial charge in [0.2, 0.25) is 0 Å². The molecule has 0 atom stereocenters. The molecule has 14 rings (SSSR count). The normalized spacial score (nSPS) is 12.0. The molecule has 6 heteroatoms. The van der Waals surface area contributed by atoms with E-state index in [4.69, 9.17) is 19.4 Å². The largest absolute Gasteiger partial charge is 0.455 e. The number of rotatable bonds is 5. The minimum absolute atomic E-state index is 0.536. The molecule has 0 unspecified atom stereocenters. The molecule has 0 fully saturated rings. The SMILES string of the molecule is c1ccc(-n2c3ccccc3c3cc(-c4nc(-c5ccc6ccccc6c5)nc(-c5ccc(-n6c7ccccc7c7cc8ccccc8cc76)c6c5oc5ccccc56)n4)ccc32)cc1. The van der Waals surface area contributed by atoms with Crippen molar-refractivity contribution in [1.29, 1.82) is 0 Å². The zero-order valence-corrected chi connectivity index (χ0v) is 34.9. The number of fused-ring (bicyclic) bond motifs is 11. The molecule has 0 aliphatic carbocycles. The van der Waals surface area contributed by atoms with Crippen LogP contribution in [0.1, 0.15) is 0 Å². The Kier molecular flexibility index (Phi) is 7.59. The van der Waals surface area contributed by atoms with Gasteiger partial charge in [0, 0.05) is 43.7 Å². The van der Waals surface area contributed by atoms with Gasteiger partial charge >= 0.3 is 0 Å². The first-order valence-corrected chi connectivity index (χ1v) is 21.9. The summed E-state index contributed by atoms with van der Waals surface area (Å²) in [5.41, 5.74) is 10.8. The van der Waals surface area contributed by atoms with Gasteiger partial charge < -0.3 is 13.6 Å². The van der Waals surface area contributed by atoms with Gasteiger partial charge in [0.25, 0.3) is 0 Å². The highest BCUT2D eigenvalue weighted by Crippen LogP contribution is 2.43. The molecule has 10 aromatic carbocycles. The van der Waals surface area contributed by atoms with E-state index in [1.54, 1.807) is 0 Å². The predicted molar refractivity (Wildman–Crippen MR) is 267 cm³/mol. The molecule has 302 valence electrons. The van der Waals surface area contributed by atoms with Crippen molar-refractivity contribution >= 4 is 87.1 Å². The standard InChI is InChI=1S/C59H35N5O/c1-2-18-42(19-3-1)63-49-23-11-8-20-43(49)47-34-41(28-30-51(47)63)58-60-57(40-27-26-36-14-4-5-15-37(36)32-40)61-59(62-58)46-29-31-52(55-45-22-10-13-25-54(45)65-56(46)55)64-50-24-12-9-21-44(50)48-33-38-16-6-7-17-39(38)35-53(48)64/h1-35H. The summed E-state index contributed by atoms with van der Waals surface area (Å²) in [5, 5.41) is 11.4. The summed E-state index contributed by atoms with van der Waals surface area (Å²) >= 11 is 0. The fourth-order valence-corrected chi connectivity index (χ4v) is 10.1. The van der Waals surface area contributed by atoms with Crippen LogP contribution in [0.3, 0.4) is 0 Å². The lowest BCUT2D eigenvalue weighted by atomic mass is 10.0. The van der Waals surface area contributed by atoms with Gasteiger partial charge in [-0.2, -0.15) is 0 Å². The summed E-state index contributed by atoms with van der Waals surface area (Å²) in [6.45, 7) is 0. The Morgan fingerprint density at radius 3 is 1.66 bits per heavy atom. The van der Waals surface area contributed by atoms with E-state index >= 15 is 0 Å². The van der Waals surface area contributed by atoms with Crippen molar-refractivity contribution in [3.8, 4) is 45.5 Å². The van der Waals surface area contributed by atoms with Crippen LogP contribution in [0, 0.1) is 0 Å². The fourth-order valence-electron chi connectivity index (χ4n) is 10.1. The second kappa shape index (κ2) is 13.8. The number of hydrogen-bond donors (Lipinski definition) is 0. The van der Waals surface area contributed by atoms with Crippen molar-refractivity contribution < 1.29 is 4.42 Å². The molecule has 4 heterocycles. The summed E-state index contributed by atoms with van der Waals surface area (Å²) in [5.74, 6) is 1.71. The summed E-state index contributed by atoms with van der Waals surface area (Å²) in [6, 6.07) is 75.0. The second-order valence-electron chi connectivity index (χ2n) is 16.8. The quantitative estimate of drug-likeness (QED) is 0.173. The van der Waals surface area contributed by atoms with Crippen molar-refractivity contribution in [2.75, 3.05) is 0 Å². The molecule has 4 aromatic heterocycles. The minimum Gasteiger partial charge on any atom is -0.455 e. The molecule has 0 aliphatic rings. The Morgan fingerprint density at radius 1 is 0.338 bits per heavy atom. The number of para-hydroxylation sites is 4. The van der Waals surface area contributed by atoms with E-state index in [0.717, 1.165) is 93.6 Å². The Hall–Kier alpha value is -8.87. The van der Waals surface area contributed by atoms with E-state index in [0.29, 0.717) is 17.5 Å².